The first kappa shape index (κ1) is 16.4. The van der Waals surface area contributed by atoms with Gasteiger partial charge in [0, 0.05) is 11.1 Å². The summed E-state index contributed by atoms with van der Waals surface area (Å²) in [6.45, 7) is 3.83. The van der Waals surface area contributed by atoms with Crippen LogP contribution in [0.3, 0.4) is 0 Å². The molecule has 3 aromatic rings. The Balaban J connectivity index is 1.70. The molecule has 0 aliphatic carbocycles. The first-order valence-corrected chi connectivity index (χ1v) is 8.50. The molecule has 6 heteroatoms. The smallest absolute Gasteiger partial charge is 0.254 e. The molecule has 0 saturated carbocycles. The van der Waals surface area contributed by atoms with Crippen LogP contribution in [0, 0.1) is 6.92 Å². The van der Waals surface area contributed by atoms with Crippen LogP contribution in [0.5, 0.6) is 0 Å². The number of rotatable bonds is 5. The monoisotopic (exact) mass is 341 g/mol. The van der Waals surface area contributed by atoms with Gasteiger partial charge in [0.1, 0.15) is 5.60 Å². The number of aryl methyl sites for hydroxylation is 1. The van der Waals surface area contributed by atoms with E-state index in [2.05, 4.69) is 10.4 Å². The first-order chi connectivity index (χ1) is 11.5. The maximum absolute atomic E-state index is 12.3. The average Bonchev–Trinajstić information content (AvgIpc) is 3.25. The topological polar surface area (TPSA) is 67.2 Å². The van der Waals surface area contributed by atoms with E-state index < -0.39 is 5.60 Å². The SMILES string of the molecule is Cc1ccccc1-n1cc(C(=O)NCC(C)(O)c2cccs2)cn1. The maximum atomic E-state index is 12.3. The third-order valence-corrected chi connectivity index (χ3v) is 4.98. The van der Waals surface area contributed by atoms with Crippen molar-refractivity contribution >= 4 is 17.2 Å². The summed E-state index contributed by atoms with van der Waals surface area (Å²) in [6.07, 6.45) is 3.22. The third kappa shape index (κ3) is 3.39. The van der Waals surface area contributed by atoms with Gasteiger partial charge in [-0.05, 0) is 36.9 Å². The lowest BCUT2D eigenvalue weighted by Crippen LogP contribution is -2.38. The zero-order chi connectivity index (χ0) is 17.2. The van der Waals surface area contributed by atoms with Crippen molar-refractivity contribution in [1.82, 2.24) is 15.1 Å². The summed E-state index contributed by atoms with van der Waals surface area (Å²) in [5.41, 5.74) is 1.38. The number of carbonyl (C=O) groups is 1. The number of aromatic nitrogens is 2. The zero-order valence-corrected chi connectivity index (χ0v) is 14.4. The summed E-state index contributed by atoms with van der Waals surface area (Å²) in [5.74, 6) is -0.258. The van der Waals surface area contributed by atoms with Gasteiger partial charge in [-0.25, -0.2) is 4.68 Å². The number of para-hydroxylation sites is 1. The fraction of sp³-hybridized carbons (Fsp3) is 0.222. The lowest BCUT2D eigenvalue weighted by Gasteiger charge is -2.22. The number of thiophene rings is 1. The number of benzene rings is 1. The van der Waals surface area contributed by atoms with Gasteiger partial charge in [-0.1, -0.05) is 24.3 Å². The van der Waals surface area contributed by atoms with E-state index in [9.17, 15) is 9.90 Å². The standard InChI is InChI=1S/C18H19N3O2S/c1-13-6-3-4-7-15(13)21-11-14(10-20-21)17(22)19-12-18(2,23)16-8-5-9-24-16/h3-11,23H,12H2,1-2H3,(H,19,22). The fourth-order valence-corrected chi connectivity index (χ4v) is 3.21. The molecular weight excluding hydrogens is 322 g/mol. The van der Waals surface area contributed by atoms with E-state index in [1.807, 2.05) is 48.7 Å². The summed E-state index contributed by atoms with van der Waals surface area (Å²) in [6, 6.07) is 11.6. The van der Waals surface area contributed by atoms with E-state index in [4.69, 9.17) is 0 Å². The number of hydrogen-bond acceptors (Lipinski definition) is 4. The molecule has 0 bridgehead atoms. The molecule has 2 heterocycles. The molecule has 0 fully saturated rings. The van der Waals surface area contributed by atoms with Gasteiger partial charge in [0.25, 0.3) is 5.91 Å². The van der Waals surface area contributed by atoms with Crippen LogP contribution in [0.2, 0.25) is 0 Å². The molecule has 24 heavy (non-hydrogen) atoms. The Hall–Kier alpha value is -2.44. The quantitative estimate of drug-likeness (QED) is 0.750. The van der Waals surface area contributed by atoms with Gasteiger partial charge in [-0.2, -0.15) is 5.10 Å². The molecule has 2 N–H and O–H groups in total. The van der Waals surface area contributed by atoms with Gasteiger partial charge in [0.2, 0.25) is 0 Å². The molecule has 1 atom stereocenters. The number of carbonyl (C=O) groups excluding carboxylic acids is 1. The molecule has 2 aromatic heterocycles. The Morgan fingerprint density at radius 3 is 2.83 bits per heavy atom. The first-order valence-electron chi connectivity index (χ1n) is 7.62. The highest BCUT2D eigenvalue weighted by Crippen LogP contribution is 2.24. The van der Waals surface area contributed by atoms with Gasteiger partial charge >= 0.3 is 0 Å². The van der Waals surface area contributed by atoms with Crippen molar-refractivity contribution in [1.29, 1.82) is 0 Å². The van der Waals surface area contributed by atoms with Crippen LogP contribution in [0.25, 0.3) is 5.69 Å². The highest BCUT2D eigenvalue weighted by molar-refractivity contribution is 7.10. The molecule has 3 rings (SSSR count). The van der Waals surface area contributed by atoms with E-state index in [0.29, 0.717) is 5.56 Å². The van der Waals surface area contributed by atoms with Crippen molar-refractivity contribution in [2.75, 3.05) is 6.54 Å². The van der Waals surface area contributed by atoms with Crippen LogP contribution in [0.1, 0.15) is 27.7 Å². The number of hydrogen-bond donors (Lipinski definition) is 2. The Kier molecular flexibility index (Phi) is 4.51. The summed E-state index contributed by atoms with van der Waals surface area (Å²) < 4.78 is 1.68. The predicted molar refractivity (Wildman–Crippen MR) is 94.5 cm³/mol. The van der Waals surface area contributed by atoms with Crippen molar-refractivity contribution in [3.63, 3.8) is 0 Å². The van der Waals surface area contributed by atoms with Crippen molar-refractivity contribution in [2.24, 2.45) is 0 Å². The molecule has 1 aromatic carbocycles. The molecule has 1 unspecified atom stereocenters. The lowest BCUT2D eigenvalue weighted by atomic mass is 10.1. The van der Waals surface area contributed by atoms with Gasteiger partial charge < -0.3 is 10.4 Å². The van der Waals surface area contributed by atoms with Crippen molar-refractivity contribution < 1.29 is 9.90 Å². The number of aliphatic hydroxyl groups is 1. The van der Waals surface area contributed by atoms with E-state index in [1.165, 1.54) is 17.5 Å². The maximum Gasteiger partial charge on any atom is 0.254 e. The van der Waals surface area contributed by atoms with Crippen molar-refractivity contribution in [3.8, 4) is 5.69 Å². The second-order valence-electron chi connectivity index (χ2n) is 5.89. The van der Waals surface area contributed by atoms with Crippen LogP contribution in [0.4, 0.5) is 0 Å². The lowest BCUT2D eigenvalue weighted by molar-refractivity contribution is 0.0557. The third-order valence-electron chi connectivity index (χ3n) is 3.85. The van der Waals surface area contributed by atoms with Crippen LogP contribution in [-0.2, 0) is 5.60 Å². The van der Waals surface area contributed by atoms with Crippen LogP contribution in [0.15, 0.2) is 54.2 Å². The summed E-state index contributed by atoms with van der Waals surface area (Å²) in [5, 5.41) is 19.4. The van der Waals surface area contributed by atoms with Crippen molar-refractivity contribution in [2.45, 2.75) is 19.4 Å². The molecule has 0 aliphatic rings. The van der Waals surface area contributed by atoms with Gasteiger partial charge in [-0.15, -0.1) is 11.3 Å². The minimum Gasteiger partial charge on any atom is -0.383 e. The van der Waals surface area contributed by atoms with E-state index in [0.717, 1.165) is 16.1 Å². The van der Waals surface area contributed by atoms with Gasteiger partial charge in [0.15, 0.2) is 0 Å². The summed E-state index contributed by atoms with van der Waals surface area (Å²) in [4.78, 5) is 13.1. The van der Waals surface area contributed by atoms with Crippen LogP contribution in [-0.4, -0.2) is 27.3 Å². The molecule has 1 amide bonds. The molecular formula is C18H19N3O2S. The highest BCUT2D eigenvalue weighted by atomic mass is 32.1. The Morgan fingerprint density at radius 2 is 2.12 bits per heavy atom. The minimum absolute atomic E-state index is 0.141. The molecule has 124 valence electrons. The van der Waals surface area contributed by atoms with Crippen molar-refractivity contribution in [3.05, 3.63) is 70.2 Å². The largest absolute Gasteiger partial charge is 0.383 e. The van der Waals surface area contributed by atoms with Crippen LogP contribution >= 0.6 is 11.3 Å². The second kappa shape index (κ2) is 6.59. The van der Waals surface area contributed by atoms with E-state index >= 15 is 0 Å². The molecule has 0 radical (unpaired) electrons. The highest BCUT2D eigenvalue weighted by Gasteiger charge is 2.25. The van der Waals surface area contributed by atoms with Crippen LogP contribution < -0.4 is 5.32 Å². The average molecular weight is 341 g/mol. The molecule has 0 spiro atoms. The minimum atomic E-state index is -1.09. The van der Waals surface area contributed by atoms with Gasteiger partial charge in [-0.3, -0.25) is 4.79 Å². The number of nitrogens with one attached hydrogen (secondary N) is 1. The number of amides is 1. The van der Waals surface area contributed by atoms with E-state index in [-0.39, 0.29) is 12.5 Å². The summed E-state index contributed by atoms with van der Waals surface area (Å²) in [7, 11) is 0. The fourth-order valence-electron chi connectivity index (χ4n) is 2.42. The van der Waals surface area contributed by atoms with Gasteiger partial charge in [0.05, 0.1) is 24.0 Å². The normalized spacial score (nSPS) is 13.5. The zero-order valence-electron chi connectivity index (χ0n) is 13.6. The Labute approximate surface area is 144 Å². The summed E-state index contributed by atoms with van der Waals surface area (Å²) >= 11 is 1.46. The predicted octanol–water partition coefficient (Wildman–Crippen LogP) is 2.88. The Bertz CT molecular complexity index is 838. The number of nitrogens with zero attached hydrogens (tertiary/aromatic N) is 2. The molecule has 5 nitrogen and oxygen atoms in total. The molecule has 0 aliphatic heterocycles. The second-order valence-corrected chi connectivity index (χ2v) is 6.84. The van der Waals surface area contributed by atoms with E-state index in [1.54, 1.807) is 17.8 Å². The molecule has 0 saturated heterocycles. The Morgan fingerprint density at radius 1 is 1.33 bits per heavy atom.